The highest BCUT2D eigenvalue weighted by Crippen LogP contribution is 2.38. The van der Waals surface area contributed by atoms with E-state index in [0.29, 0.717) is 16.9 Å². The van der Waals surface area contributed by atoms with Gasteiger partial charge in [-0.15, -0.1) is 0 Å². The lowest BCUT2D eigenvalue weighted by atomic mass is 9.93. The molecule has 0 aliphatic heterocycles. The molecular weight excluding hydrogens is 348 g/mol. The second-order valence-electron chi connectivity index (χ2n) is 6.01. The smallest absolute Gasteiger partial charge is 0.238 e. The number of benzene rings is 2. The van der Waals surface area contributed by atoms with Crippen molar-refractivity contribution in [2.45, 2.75) is 11.8 Å². The summed E-state index contributed by atoms with van der Waals surface area (Å²) in [5, 5.41) is 5.51. The zero-order valence-corrected chi connectivity index (χ0v) is 14.8. The van der Waals surface area contributed by atoms with E-state index in [1.165, 1.54) is 6.07 Å². The second kappa shape index (κ2) is 6.05. The van der Waals surface area contributed by atoms with Crippen LogP contribution in [0.15, 0.2) is 65.8 Å². The van der Waals surface area contributed by atoms with E-state index in [1.54, 1.807) is 18.5 Å². The van der Waals surface area contributed by atoms with Gasteiger partial charge < -0.3 is 4.98 Å². The van der Waals surface area contributed by atoms with Crippen molar-refractivity contribution in [3.8, 4) is 22.4 Å². The Labute approximate surface area is 150 Å². The van der Waals surface area contributed by atoms with Crippen molar-refractivity contribution in [2.75, 3.05) is 0 Å². The number of imidazole rings is 1. The number of primary sulfonamides is 1. The molecular formula is C19H16N4O2S. The number of aromatic nitrogens is 3. The molecule has 0 fully saturated rings. The van der Waals surface area contributed by atoms with Crippen LogP contribution in [0.1, 0.15) is 5.56 Å². The number of aromatic amines is 1. The molecule has 2 heterocycles. The summed E-state index contributed by atoms with van der Waals surface area (Å²) in [6.07, 6.45) is 1.55. The molecule has 0 saturated carbocycles. The largest absolute Gasteiger partial charge is 0.343 e. The van der Waals surface area contributed by atoms with E-state index in [1.807, 2.05) is 43.3 Å². The summed E-state index contributed by atoms with van der Waals surface area (Å²) in [6, 6.07) is 16.5. The lowest BCUT2D eigenvalue weighted by molar-refractivity contribution is 0.598. The number of nitrogens with one attached hydrogen (secondary N) is 1. The van der Waals surface area contributed by atoms with Crippen LogP contribution in [0.4, 0.5) is 0 Å². The molecule has 0 aliphatic rings. The predicted octanol–water partition coefficient (Wildman–Crippen LogP) is 3.25. The SMILES string of the molecule is Cc1ccc(S(N)(=O)=O)c(-c2ccc3[nH]cnc3n2)c1-c1ccccc1. The molecule has 7 heteroatoms. The Bertz CT molecular complexity index is 1220. The average Bonchev–Trinajstić information content (AvgIpc) is 3.08. The second-order valence-corrected chi connectivity index (χ2v) is 7.54. The summed E-state index contributed by atoms with van der Waals surface area (Å²) in [5.41, 5.74) is 4.92. The van der Waals surface area contributed by atoms with Crippen LogP contribution in [-0.4, -0.2) is 23.4 Å². The molecule has 0 amide bonds. The molecule has 0 aliphatic carbocycles. The van der Waals surface area contributed by atoms with Crippen molar-refractivity contribution in [1.82, 2.24) is 15.0 Å². The summed E-state index contributed by atoms with van der Waals surface area (Å²) < 4.78 is 24.5. The quantitative estimate of drug-likeness (QED) is 0.582. The van der Waals surface area contributed by atoms with Gasteiger partial charge in [-0.3, -0.25) is 0 Å². The van der Waals surface area contributed by atoms with Crippen molar-refractivity contribution in [3.05, 3.63) is 66.5 Å². The number of rotatable bonds is 3. The minimum atomic E-state index is -3.94. The number of aryl methyl sites for hydroxylation is 1. The Morgan fingerprint density at radius 1 is 0.962 bits per heavy atom. The maximum Gasteiger partial charge on any atom is 0.238 e. The minimum absolute atomic E-state index is 0.0457. The fourth-order valence-corrected chi connectivity index (χ4v) is 3.87. The van der Waals surface area contributed by atoms with Crippen LogP contribution in [-0.2, 0) is 10.0 Å². The molecule has 6 nitrogen and oxygen atoms in total. The minimum Gasteiger partial charge on any atom is -0.343 e. The first-order valence-corrected chi connectivity index (χ1v) is 9.52. The maximum absolute atomic E-state index is 12.3. The van der Waals surface area contributed by atoms with Gasteiger partial charge in [0.15, 0.2) is 5.65 Å². The number of hydrogen-bond donors (Lipinski definition) is 2. The van der Waals surface area contributed by atoms with E-state index in [4.69, 9.17) is 5.14 Å². The molecule has 26 heavy (non-hydrogen) atoms. The van der Waals surface area contributed by atoms with Crippen molar-refractivity contribution in [2.24, 2.45) is 5.14 Å². The number of sulfonamides is 1. The molecule has 0 unspecified atom stereocenters. The Morgan fingerprint density at radius 3 is 2.46 bits per heavy atom. The molecule has 2 aromatic carbocycles. The van der Waals surface area contributed by atoms with Crippen LogP contribution in [0.3, 0.4) is 0 Å². The zero-order valence-electron chi connectivity index (χ0n) is 14.0. The van der Waals surface area contributed by atoms with Gasteiger partial charge in [0.1, 0.15) is 0 Å². The van der Waals surface area contributed by atoms with E-state index in [0.717, 1.165) is 22.2 Å². The Balaban J connectivity index is 2.12. The molecule has 0 spiro atoms. The van der Waals surface area contributed by atoms with Crippen LogP contribution < -0.4 is 5.14 Å². The van der Waals surface area contributed by atoms with Crippen molar-refractivity contribution >= 4 is 21.2 Å². The van der Waals surface area contributed by atoms with Crippen LogP contribution in [0.2, 0.25) is 0 Å². The number of fused-ring (bicyclic) bond motifs is 1. The molecule has 0 saturated heterocycles. The van der Waals surface area contributed by atoms with E-state index in [-0.39, 0.29) is 4.90 Å². The van der Waals surface area contributed by atoms with Gasteiger partial charge in [0.25, 0.3) is 0 Å². The lowest BCUT2D eigenvalue weighted by Crippen LogP contribution is -2.14. The average molecular weight is 364 g/mol. The predicted molar refractivity (Wildman–Crippen MR) is 101 cm³/mol. The van der Waals surface area contributed by atoms with Gasteiger partial charge >= 0.3 is 0 Å². The molecule has 4 rings (SSSR count). The monoisotopic (exact) mass is 364 g/mol. The highest BCUT2D eigenvalue weighted by atomic mass is 32.2. The lowest BCUT2D eigenvalue weighted by Gasteiger charge is -2.16. The zero-order chi connectivity index (χ0) is 18.3. The van der Waals surface area contributed by atoms with Gasteiger partial charge in [0.05, 0.1) is 22.4 Å². The molecule has 4 aromatic rings. The summed E-state index contributed by atoms with van der Waals surface area (Å²) >= 11 is 0. The molecule has 2 aromatic heterocycles. The van der Waals surface area contributed by atoms with Gasteiger partial charge in [0, 0.05) is 5.56 Å². The molecule has 0 bridgehead atoms. The molecule has 3 N–H and O–H groups in total. The Hall–Kier alpha value is -3.03. The van der Waals surface area contributed by atoms with Crippen LogP contribution in [0.25, 0.3) is 33.5 Å². The van der Waals surface area contributed by atoms with Gasteiger partial charge in [-0.1, -0.05) is 36.4 Å². The first-order valence-electron chi connectivity index (χ1n) is 7.97. The first kappa shape index (κ1) is 16.4. The fourth-order valence-electron chi connectivity index (χ4n) is 3.12. The molecule has 0 radical (unpaired) electrons. The number of H-pyrrole nitrogens is 1. The van der Waals surface area contributed by atoms with Crippen LogP contribution >= 0.6 is 0 Å². The van der Waals surface area contributed by atoms with Gasteiger partial charge in [-0.2, -0.15) is 0 Å². The number of nitrogens with zero attached hydrogens (tertiary/aromatic N) is 2. The number of pyridine rings is 1. The van der Waals surface area contributed by atoms with Gasteiger partial charge in [-0.25, -0.2) is 23.5 Å². The number of hydrogen-bond acceptors (Lipinski definition) is 4. The van der Waals surface area contributed by atoms with Crippen molar-refractivity contribution in [3.63, 3.8) is 0 Å². The van der Waals surface area contributed by atoms with E-state index < -0.39 is 10.0 Å². The summed E-state index contributed by atoms with van der Waals surface area (Å²) in [4.78, 5) is 11.7. The third-order valence-electron chi connectivity index (χ3n) is 4.28. The summed E-state index contributed by atoms with van der Waals surface area (Å²) in [6.45, 7) is 1.94. The van der Waals surface area contributed by atoms with Crippen LogP contribution in [0.5, 0.6) is 0 Å². The van der Waals surface area contributed by atoms with E-state index in [9.17, 15) is 8.42 Å². The van der Waals surface area contributed by atoms with E-state index >= 15 is 0 Å². The third kappa shape index (κ3) is 2.77. The highest BCUT2D eigenvalue weighted by Gasteiger charge is 2.22. The standard InChI is InChI=1S/C19H16N4O2S/c1-12-7-10-16(26(20,24)25)18(17(12)13-5-3-2-4-6-13)14-8-9-15-19(23-14)22-11-21-15/h2-11H,1H3,(H2,20,24,25)(H,21,22,23). The van der Waals surface area contributed by atoms with E-state index in [2.05, 4.69) is 15.0 Å². The summed E-state index contributed by atoms with van der Waals surface area (Å²) in [7, 11) is -3.94. The first-order chi connectivity index (χ1) is 12.4. The fraction of sp³-hybridized carbons (Fsp3) is 0.0526. The third-order valence-corrected chi connectivity index (χ3v) is 5.24. The maximum atomic E-state index is 12.3. The van der Waals surface area contributed by atoms with Gasteiger partial charge in [0.2, 0.25) is 10.0 Å². The topological polar surface area (TPSA) is 102 Å². The Kier molecular flexibility index (Phi) is 3.82. The summed E-state index contributed by atoms with van der Waals surface area (Å²) in [5.74, 6) is 0. The highest BCUT2D eigenvalue weighted by molar-refractivity contribution is 7.89. The normalized spacial score (nSPS) is 11.8. The number of nitrogens with two attached hydrogens (primary N) is 1. The molecule has 0 atom stereocenters. The van der Waals surface area contributed by atoms with Crippen LogP contribution in [0, 0.1) is 6.92 Å². The van der Waals surface area contributed by atoms with Gasteiger partial charge in [-0.05, 0) is 41.8 Å². The Morgan fingerprint density at radius 2 is 1.73 bits per heavy atom. The van der Waals surface area contributed by atoms with Crippen molar-refractivity contribution in [1.29, 1.82) is 0 Å². The molecule has 130 valence electrons. The van der Waals surface area contributed by atoms with Crippen molar-refractivity contribution < 1.29 is 8.42 Å².